The maximum absolute atomic E-state index is 13.5. The average molecular weight is 508 g/mol. The summed E-state index contributed by atoms with van der Waals surface area (Å²) in [6, 6.07) is 9.23. The van der Waals surface area contributed by atoms with Crippen molar-refractivity contribution >= 4 is 50.7 Å². The summed E-state index contributed by atoms with van der Waals surface area (Å²) in [5.41, 5.74) is 5.74. The quantitative estimate of drug-likeness (QED) is 0.371. The van der Waals surface area contributed by atoms with Crippen LogP contribution >= 0.6 is 22.9 Å². The molecule has 3 aromatic heterocycles. The molecule has 3 N–H and O–H groups in total. The van der Waals surface area contributed by atoms with Gasteiger partial charge >= 0.3 is 6.18 Å². The number of alkyl halides is 3. The molecule has 0 aliphatic rings. The number of benzene rings is 1. The van der Waals surface area contributed by atoms with Crippen LogP contribution in [0.15, 0.2) is 42.6 Å². The predicted molar refractivity (Wildman–Crippen MR) is 124 cm³/mol. The number of carbonyl (C=O) groups is 2. The Hall–Kier alpha value is -3.44. The van der Waals surface area contributed by atoms with Crippen LogP contribution in [0.1, 0.15) is 27.5 Å². The fourth-order valence-corrected chi connectivity index (χ4v) is 4.59. The van der Waals surface area contributed by atoms with Crippen molar-refractivity contribution in [1.29, 1.82) is 0 Å². The summed E-state index contributed by atoms with van der Waals surface area (Å²) >= 11 is 6.68. The summed E-state index contributed by atoms with van der Waals surface area (Å²) in [4.78, 5) is 28.5. The Balaban J connectivity index is 1.80. The third kappa shape index (κ3) is 4.62. The zero-order valence-corrected chi connectivity index (χ0v) is 19.2. The van der Waals surface area contributed by atoms with Crippen molar-refractivity contribution in [2.75, 3.05) is 5.32 Å². The van der Waals surface area contributed by atoms with Crippen LogP contribution in [0, 0.1) is 6.92 Å². The van der Waals surface area contributed by atoms with Gasteiger partial charge in [0.25, 0.3) is 5.91 Å². The molecule has 0 spiro atoms. The largest absolute Gasteiger partial charge is 0.433 e. The first kappa shape index (κ1) is 23.7. The van der Waals surface area contributed by atoms with Gasteiger partial charge in [-0.05, 0) is 24.1 Å². The molecule has 2 amide bonds. The minimum absolute atomic E-state index is 0.0247. The first-order valence-electron chi connectivity index (χ1n) is 9.94. The van der Waals surface area contributed by atoms with Gasteiger partial charge in [0.2, 0.25) is 5.91 Å². The van der Waals surface area contributed by atoms with E-state index in [0.29, 0.717) is 27.6 Å². The van der Waals surface area contributed by atoms with Crippen molar-refractivity contribution < 1.29 is 22.8 Å². The van der Waals surface area contributed by atoms with Gasteiger partial charge < -0.3 is 11.1 Å². The smallest absolute Gasteiger partial charge is 0.365 e. The SMILES string of the molecule is Cc1c(Cl)cnn1CCC(=O)Nc1c(C(N)=O)sc2nc(C(F)(F)F)cc(-c3ccccc3)c12. The maximum atomic E-state index is 13.5. The Bertz CT molecular complexity index is 1400. The molecule has 0 unspecified atom stereocenters. The number of carbonyl (C=O) groups excluding carboxylic acids is 2. The van der Waals surface area contributed by atoms with Gasteiger partial charge in [-0.2, -0.15) is 18.3 Å². The number of nitrogens with zero attached hydrogens (tertiary/aromatic N) is 3. The number of rotatable bonds is 6. The molecule has 1 aromatic carbocycles. The molecule has 0 saturated carbocycles. The zero-order valence-electron chi connectivity index (χ0n) is 17.6. The molecule has 4 rings (SSSR count). The van der Waals surface area contributed by atoms with Crippen molar-refractivity contribution in [2.24, 2.45) is 5.73 Å². The summed E-state index contributed by atoms with van der Waals surface area (Å²) in [5, 5.41) is 7.41. The van der Waals surface area contributed by atoms with Crippen LogP contribution in [0.25, 0.3) is 21.3 Å². The molecule has 0 saturated heterocycles. The first-order chi connectivity index (χ1) is 16.1. The van der Waals surface area contributed by atoms with E-state index in [1.54, 1.807) is 41.9 Å². The average Bonchev–Trinajstić information content (AvgIpc) is 3.32. The molecular formula is C22H17ClF3N5O2S. The molecule has 0 bridgehead atoms. The van der Waals surface area contributed by atoms with Crippen molar-refractivity contribution in [3.63, 3.8) is 0 Å². The fourth-order valence-electron chi connectivity index (χ4n) is 3.44. The normalized spacial score (nSPS) is 11.7. The number of hydrogen-bond acceptors (Lipinski definition) is 5. The molecule has 0 radical (unpaired) electrons. The molecule has 176 valence electrons. The highest BCUT2D eigenvalue weighted by Crippen LogP contribution is 2.43. The van der Waals surface area contributed by atoms with Crippen molar-refractivity contribution in [3.8, 4) is 11.1 Å². The lowest BCUT2D eigenvalue weighted by atomic mass is 10.0. The van der Waals surface area contributed by atoms with Crippen LogP contribution in [0.3, 0.4) is 0 Å². The number of hydrogen-bond donors (Lipinski definition) is 2. The van der Waals surface area contributed by atoms with Crippen LogP contribution in [0.4, 0.5) is 18.9 Å². The number of fused-ring (bicyclic) bond motifs is 1. The number of aryl methyl sites for hydroxylation is 1. The Kier molecular flexibility index (Phi) is 6.32. The molecule has 12 heteroatoms. The van der Waals surface area contributed by atoms with E-state index in [0.717, 1.165) is 6.07 Å². The number of nitrogens with two attached hydrogens (primary N) is 1. The second-order valence-electron chi connectivity index (χ2n) is 7.37. The number of primary amides is 1. The Morgan fingerprint density at radius 3 is 2.53 bits per heavy atom. The lowest BCUT2D eigenvalue weighted by molar-refractivity contribution is -0.140. The maximum Gasteiger partial charge on any atom is 0.433 e. The Morgan fingerprint density at radius 1 is 1.24 bits per heavy atom. The molecule has 3 heterocycles. The third-order valence-electron chi connectivity index (χ3n) is 5.12. The van der Waals surface area contributed by atoms with Crippen LogP contribution in [-0.2, 0) is 17.5 Å². The van der Waals surface area contributed by atoms with Crippen molar-refractivity contribution in [2.45, 2.75) is 26.1 Å². The summed E-state index contributed by atoms with van der Waals surface area (Å²) in [6.07, 6.45) is -3.27. The van der Waals surface area contributed by atoms with Crippen LogP contribution in [0.5, 0.6) is 0 Å². The lowest BCUT2D eigenvalue weighted by Gasteiger charge is -2.12. The predicted octanol–water partition coefficient (Wildman–Crippen LogP) is 5.27. The monoisotopic (exact) mass is 507 g/mol. The third-order valence-corrected chi connectivity index (χ3v) is 6.59. The lowest BCUT2D eigenvalue weighted by Crippen LogP contribution is -2.18. The molecule has 4 aromatic rings. The van der Waals surface area contributed by atoms with Gasteiger partial charge in [0, 0.05) is 11.8 Å². The highest BCUT2D eigenvalue weighted by Gasteiger charge is 2.35. The molecule has 0 fully saturated rings. The van der Waals surface area contributed by atoms with E-state index in [-0.39, 0.29) is 39.3 Å². The summed E-state index contributed by atoms with van der Waals surface area (Å²) < 4.78 is 42.2. The van der Waals surface area contributed by atoms with E-state index in [2.05, 4.69) is 15.4 Å². The molecule has 34 heavy (non-hydrogen) atoms. The summed E-state index contributed by atoms with van der Waals surface area (Å²) in [6.45, 7) is 1.96. The molecule has 0 atom stereocenters. The minimum atomic E-state index is -4.71. The van der Waals surface area contributed by atoms with E-state index < -0.39 is 23.7 Å². The van der Waals surface area contributed by atoms with E-state index in [9.17, 15) is 22.8 Å². The highest BCUT2D eigenvalue weighted by molar-refractivity contribution is 7.21. The topological polar surface area (TPSA) is 103 Å². The van der Waals surface area contributed by atoms with Crippen molar-refractivity contribution in [1.82, 2.24) is 14.8 Å². The summed E-state index contributed by atoms with van der Waals surface area (Å²) in [5.74, 6) is -1.37. The molecule has 7 nitrogen and oxygen atoms in total. The number of pyridine rings is 1. The standard InChI is InChI=1S/C22H17ClF3N5O2S/c1-11-14(23)10-28-31(11)8-7-16(32)30-18-17-13(12-5-3-2-4-6-12)9-15(22(24,25)26)29-21(17)34-19(18)20(27)33/h2-6,9-10H,7-8H2,1H3,(H2,27,33)(H,30,32). The summed E-state index contributed by atoms with van der Waals surface area (Å²) in [7, 11) is 0. The van der Waals surface area contributed by atoms with Crippen LogP contribution in [0.2, 0.25) is 5.02 Å². The zero-order chi connectivity index (χ0) is 24.6. The second-order valence-corrected chi connectivity index (χ2v) is 8.77. The van der Waals surface area contributed by atoms with Gasteiger partial charge in [-0.1, -0.05) is 41.9 Å². The number of amides is 2. The van der Waals surface area contributed by atoms with E-state index >= 15 is 0 Å². The molecule has 0 aliphatic carbocycles. The second kappa shape index (κ2) is 9.07. The highest BCUT2D eigenvalue weighted by atomic mass is 35.5. The number of thiophene rings is 1. The van der Waals surface area contributed by atoms with Crippen molar-refractivity contribution in [3.05, 3.63) is 63.9 Å². The van der Waals surface area contributed by atoms with Gasteiger partial charge in [-0.3, -0.25) is 14.3 Å². The Morgan fingerprint density at radius 2 is 1.94 bits per heavy atom. The molecular weight excluding hydrogens is 491 g/mol. The van der Waals surface area contributed by atoms with Gasteiger partial charge in [0.1, 0.15) is 15.4 Å². The Labute approximate surface area is 200 Å². The number of nitrogens with one attached hydrogen (secondary N) is 1. The molecule has 0 aliphatic heterocycles. The van der Waals surface area contributed by atoms with Gasteiger partial charge in [0.05, 0.1) is 29.1 Å². The van der Waals surface area contributed by atoms with E-state index in [1.165, 1.54) is 6.20 Å². The van der Waals surface area contributed by atoms with E-state index in [4.69, 9.17) is 17.3 Å². The number of aromatic nitrogens is 3. The van der Waals surface area contributed by atoms with Gasteiger partial charge in [-0.25, -0.2) is 4.98 Å². The first-order valence-corrected chi connectivity index (χ1v) is 11.1. The van der Waals surface area contributed by atoms with E-state index in [1.807, 2.05) is 0 Å². The fraction of sp³-hybridized carbons (Fsp3) is 0.182. The van der Waals surface area contributed by atoms with Gasteiger partial charge in [0.15, 0.2) is 0 Å². The number of halogens is 4. The van der Waals surface area contributed by atoms with Gasteiger partial charge in [-0.15, -0.1) is 11.3 Å². The minimum Gasteiger partial charge on any atom is -0.365 e. The number of anilines is 1. The van der Waals surface area contributed by atoms with Crippen LogP contribution < -0.4 is 11.1 Å². The van der Waals surface area contributed by atoms with Crippen LogP contribution in [-0.4, -0.2) is 26.6 Å².